The van der Waals surface area contributed by atoms with E-state index in [0.29, 0.717) is 0 Å². The summed E-state index contributed by atoms with van der Waals surface area (Å²) in [6, 6.07) is 20.1. The summed E-state index contributed by atoms with van der Waals surface area (Å²) in [7, 11) is 0. The molecule has 112 valence electrons. The summed E-state index contributed by atoms with van der Waals surface area (Å²) in [6.45, 7) is 2.27. The average Bonchev–Trinajstić information content (AvgIpc) is 2.54. The molecule has 21 heavy (non-hydrogen) atoms. The van der Waals surface area contributed by atoms with Crippen molar-refractivity contribution in [3.63, 3.8) is 0 Å². The van der Waals surface area contributed by atoms with E-state index >= 15 is 0 Å². The maximum Gasteiger partial charge on any atom is -0.0276 e. The van der Waals surface area contributed by atoms with Crippen LogP contribution in [0.1, 0.15) is 55.7 Å². The van der Waals surface area contributed by atoms with Crippen LogP contribution in [0.4, 0.5) is 0 Å². The van der Waals surface area contributed by atoms with Crippen LogP contribution in [0.5, 0.6) is 0 Å². The molecule has 2 rings (SSSR count). The molecule has 0 heterocycles. The van der Waals surface area contributed by atoms with Gasteiger partial charge in [0.25, 0.3) is 0 Å². The van der Waals surface area contributed by atoms with Crippen molar-refractivity contribution in [2.45, 2.75) is 58.3 Å². The van der Waals surface area contributed by atoms with Gasteiger partial charge in [0.05, 0.1) is 0 Å². The van der Waals surface area contributed by atoms with Gasteiger partial charge < -0.3 is 0 Å². The third-order valence-electron chi connectivity index (χ3n) is 4.12. The first-order chi connectivity index (χ1) is 10.4. The molecule has 0 aliphatic rings. The first-order valence-electron chi connectivity index (χ1n) is 8.50. The largest absolute Gasteiger partial charge is 0.0654 e. The number of aryl methyl sites for hydroxylation is 3. The third-order valence-corrected chi connectivity index (χ3v) is 4.12. The second-order valence-electron chi connectivity index (χ2n) is 5.97. The molecule has 2 aromatic carbocycles. The molecule has 0 aliphatic heterocycles. The van der Waals surface area contributed by atoms with Gasteiger partial charge in [0.2, 0.25) is 0 Å². The van der Waals surface area contributed by atoms with Gasteiger partial charge in [0, 0.05) is 0 Å². The number of unbranched alkanes of at least 4 members (excludes halogenated alkanes) is 3. The lowest BCUT2D eigenvalue weighted by Crippen LogP contribution is -1.91. The fraction of sp³-hybridized carbons (Fsp3) is 0.429. The molecule has 0 N–H and O–H groups in total. The molecular formula is C21H28. The molecule has 2 aromatic rings. The maximum absolute atomic E-state index is 2.32. The Morgan fingerprint density at radius 2 is 1.05 bits per heavy atom. The minimum atomic E-state index is 1.18. The Labute approximate surface area is 130 Å². The lowest BCUT2D eigenvalue weighted by molar-refractivity contribution is 0.666. The highest BCUT2D eigenvalue weighted by Crippen LogP contribution is 2.12. The molecule has 0 saturated carbocycles. The minimum absolute atomic E-state index is 1.18. The maximum atomic E-state index is 2.32. The molecule has 0 nitrogen and oxygen atoms in total. The van der Waals surface area contributed by atoms with Gasteiger partial charge in [-0.15, -0.1) is 0 Å². The Hall–Kier alpha value is -1.56. The van der Waals surface area contributed by atoms with Crippen molar-refractivity contribution in [3.05, 3.63) is 71.3 Å². The fourth-order valence-corrected chi connectivity index (χ4v) is 2.77. The number of hydrogen-bond acceptors (Lipinski definition) is 0. The van der Waals surface area contributed by atoms with E-state index in [1.54, 1.807) is 0 Å². The fourth-order valence-electron chi connectivity index (χ4n) is 2.77. The predicted molar refractivity (Wildman–Crippen MR) is 92.8 cm³/mol. The highest BCUT2D eigenvalue weighted by molar-refractivity contribution is 5.23. The lowest BCUT2D eigenvalue weighted by Gasteiger charge is -2.05. The topological polar surface area (TPSA) is 0 Å². The summed E-state index contributed by atoms with van der Waals surface area (Å²) in [5, 5.41) is 0. The van der Waals surface area contributed by atoms with Gasteiger partial charge in [-0.1, -0.05) is 80.8 Å². The van der Waals surface area contributed by atoms with Crippen molar-refractivity contribution in [1.29, 1.82) is 0 Å². The van der Waals surface area contributed by atoms with E-state index in [0.717, 1.165) is 0 Å². The van der Waals surface area contributed by atoms with Crippen LogP contribution in [0.15, 0.2) is 54.6 Å². The third kappa shape index (κ3) is 6.16. The van der Waals surface area contributed by atoms with Crippen LogP contribution < -0.4 is 0 Å². The van der Waals surface area contributed by atoms with E-state index in [-0.39, 0.29) is 0 Å². The SMILES string of the molecule is CCCCCCc1ccc(CCCc2ccccc2)cc1. The Bertz CT molecular complexity index is 481. The molecule has 0 saturated heterocycles. The second kappa shape index (κ2) is 9.39. The average molecular weight is 280 g/mol. The molecule has 0 aromatic heterocycles. The van der Waals surface area contributed by atoms with Crippen LogP contribution in [-0.2, 0) is 19.3 Å². The van der Waals surface area contributed by atoms with Gasteiger partial charge in [0.15, 0.2) is 0 Å². The highest BCUT2D eigenvalue weighted by atomic mass is 14.0. The Balaban J connectivity index is 1.69. The van der Waals surface area contributed by atoms with Crippen LogP contribution in [0.3, 0.4) is 0 Å². The monoisotopic (exact) mass is 280 g/mol. The summed E-state index contributed by atoms with van der Waals surface area (Å²) in [4.78, 5) is 0. The molecular weight excluding hydrogens is 252 g/mol. The summed E-state index contributed by atoms with van der Waals surface area (Å²) < 4.78 is 0. The van der Waals surface area contributed by atoms with Crippen molar-refractivity contribution in [2.24, 2.45) is 0 Å². The van der Waals surface area contributed by atoms with Gasteiger partial charge in [0.1, 0.15) is 0 Å². The number of benzene rings is 2. The first-order valence-corrected chi connectivity index (χ1v) is 8.50. The second-order valence-corrected chi connectivity index (χ2v) is 5.97. The molecule has 0 bridgehead atoms. The molecule has 0 fully saturated rings. The van der Waals surface area contributed by atoms with E-state index < -0.39 is 0 Å². The lowest BCUT2D eigenvalue weighted by atomic mass is 10.0. The zero-order chi connectivity index (χ0) is 14.8. The quantitative estimate of drug-likeness (QED) is 0.495. The number of hydrogen-bond donors (Lipinski definition) is 0. The van der Waals surface area contributed by atoms with Crippen LogP contribution >= 0.6 is 0 Å². The van der Waals surface area contributed by atoms with Crippen molar-refractivity contribution in [3.8, 4) is 0 Å². The molecule has 0 radical (unpaired) electrons. The van der Waals surface area contributed by atoms with Gasteiger partial charge in [-0.25, -0.2) is 0 Å². The Morgan fingerprint density at radius 1 is 0.524 bits per heavy atom. The predicted octanol–water partition coefficient (Wildman–Crippen LogP) is 5.98. The van der Waals surface area contributed by atoms with Crippen molar-refractivity contribution in [2.75, 3.05) is 0 Å². The zero-order valence-corrected chi connectivity index (χ0v) is 13.4. The van der Waals surface area contributed by atoms with E-state index in [1.165, 1.54) is 68.1 Å². The van der Waals surface area contributed by atoms with Crippen LogP contribution in [0, 0.1) is 0 Å². The van der Waals surface area contributed by atoms with Gasteiger partial charge in [-0.2, -0.15) is 0 Å². The van der Waals surface area contributed by atoms with Gasteiger partial charge in [-0.3, -0.25) is 0 Å². The summed E-state index contributed by atoms with van der Waals surface area (Å²) in [5.74, 6) is 0. The van der Waals surface area contributed by atoms with E-state index in [1.807, 2.05) is 0 Å². The van der Waals surface area contributed by atoms with E-state index in [4.69, 9.17) is 0 Å². The normalized spacial score (nSPS) is 10.7. The van der Waals surface area contributed by atoms with Crippen molar-refractivity contribution in [1.82, 2.24) is 0 Å². The van der Waals surface area contributed by atoms with Crippen LogP contribution in [0.2, 0.25) is 0 Å². The van der Waals surface area contributed by atoms with Crippen LogP contribution in [0.25, 0.3) is 0 Å². The van der Waals surface area contributed by atoms with E-state index in [2.05, 4.69) is 61.5 Å². The smallest absolute Gasteiger partial charge is 0.0276 e. The van der Waals surface area contributed by atoms with E-state index in [9.17, 15) is 0 Å². The first kappa shape index (κ1) is 15.8. The van der Waals surface area contributed by atoms with Gasteiger partial charge >= 0.3 is 0 Å². The summed E-state index contributed by atoms with van der Waals surface area (Å²) in [5.41, 5.74) is 4.42. The molecule has 0 atom stereocenters. The zero-order valence-electron chi connectivity index (χ0n) is 13.4. The minimum Gasteiger partial charge on any atom is -0.0654 e. The molecule has 0 heteroatoms. The highest BCUT2D eigenvalue weighted by Gasteiger charge is 1.97. The van der Waals surface area contributed by atoms with Gasteiger partial charge in [-0.05, 0) is 48.8 Å². The molecule has 0 aliphatic carbocycles. The summed E-state index contributed by atoms with van der Waals surface area (Å²) in [6.07, 6.45) is 10.2. The molecule has 0 amide bonds. The van der Waals surface area contributed by atoms with Crippen LogP contribution in [-0.4, -0.2) is 0 Å². The number of rotatable bonds is 9. The standard InChI is InChI=1S/C21H28/c1-2-3-4-6-12-20-15-17-21(18-16-20)14-9-13-19-10-7-5-8-11-19/h5,7-8,10-11,15-18H,2-4,6,9,12-14H2,1H3. The summed E-state index contributed by atoms with van der Waals surface area (Å²) >= 11 is 0. The molecule has 0 spiro atoms. The molecule has 0 unspecified atom stereocenters. The Morgan fingerprint density at radius 3 is 1.62 bits per heavy atom. The Kier molecular flexibility index (Phi) is 7.07. The van der Waals surface area contributed by atoms with Crippen molar-refractivity contribution >= 4 is 0 Å². The van der Waals surface area contributed by atoms with Crippen molar-refractivity contribution < 1.29 is 0 Å².